The molecule has 0 unspecified atom stereocenters. The molecule has 1 aliphatic rings. The average molecular weight is 205 g/mol. The van der Waals surface area contributed by atoms with Crippen LogP contribution in [0.1, 0.15) is 12.8 Å². The summed E-state index contributed by atoms with van der Waals surface area (Å²) in [4.78, 5) is 0. The molecular weight excluding hydrogens is 194 g/mol. The number of nitrogens with zero attached hydrogens (tertiary/aromatic N) is 5. The normalized spacial score (nSPS) is 25.1. The van der Waals surface area contributed by atoms with Gasteiger partial charge in [0.15, 0.2) is 5.65 Å². The van der Waals surface area contributed by atoms with Gasteiger partial charge in [0.1, 0.15) is 5.82 Å². The lowest BCUT2D eigenvalue weighted by Crippen LogP contribution is -2.44. The second-order valence-electron chi connectivity index (χ2n) is 3.82. The summed E-state index contributed by atoms with van der Waals surface area (Å²) in [6, 6.07) is 4.46. The van der Waals surface area contributed by atoms with E-state index in [1.807, 2.05) is 12.1 Å². The molecule has 0 amide bonds. The molecule has 2 heterocycles. The Hall–Kier alpha value is -1.76. The van der Waals surface area contributed by atoms with Crippen molar-refractivity contribution in [3.05, 3.63) is 12.1 Å². The third kappa shape index (κ3) is 1.50. The Balaban J connectivity index is 1.79. The summed E-state index contributed by atoms with van der Waals surface area (Å²) in [6.07, 6.45) is 1.99. The topological polar surface area (TPSA) is 94.0 Å². The smallest absolute Gasteiger partial charge is 0.200 e. The standard InChI is InChI=1S/C8H11N7/c9-5-3-6(4-5)10-7-1-2-8-11-13-14-15(8)12-7/h1-2,5-6H,3-4,9H2,(H,10,12). The second-order valence-corrected chi connectivity index (χ2v) is 3.82. The van der Waals surface area contributed by atoms with Gasteiger partial charge in [0, 0.05) is 12.1 Å². The van der Waals surface area contributed by atoms with Crippen LogP contribution in [-0.4, -0.2) is 37.3 Å². The number of hydrogen-bond acceptors (Lipinski definition) is 6. The van der Waals surface area contributed by atoms with Crippen LogP contribution in [-0.2, 0) is 0 Å². The summed E-state index contributed by atoms with van der Waals surface area (Å²) in [5.74, 6) is 0.784. The summed E-state index contributed by atoms with van der Waals surface area (Å²) in [6.45, 7) is 0. The zero-order valence-corrected chi connectivity index (χ0v) is 8.04. The van der Waals surface area contributed by atoms with E-state index in [-0.39, 0.29) is 0 Å². The van der Waals surface area contributed by atoms with Gasteiger partial charge in [-0.25, -0.2) is 0 Å². The maximum Gasteiger partial charge on any atom is 0.200 e. The molecule has 0 spiro atoms. The number of fused-ring (bicyclic) bond motifs is 1. The van der Waals surface area contributed by atoms with E-state index in [4.69, 9.17) is 5.73 Å². The first-order valence-corrected chi connectivity index (χ1v) is 4.89. The highest BCUT2D eigenvalue weighted by atomic mass is 15.6. The number of hydrogen-bond donors (Lipinski definition) is 2. The maximum absolute atomic E-state index is 5.70. The molecule has 2 aromatic heterocycles. The lowest BCUT2D eigenvalue weighted by molar-refractivity contribution is 0.372. The van der Waals surface area contributed by atoms with Crippen molar-refractivity contribution in [3.8, 4) is 0 Å². The van der Waals surface area contributed by atoms with Gasteiger partial charge in [0.2, 0.25) is 0 Å². The van der Waals surface area contributed by atoms with Crippen molar-refractivity contribution >= 4 is 11.5 Å². The molecule has 0 saturated heterocycles. The van der Waals surface area contributed by atoms with Gasteiger partial charge in [-0.1, -0.05) is 0 Å². The molecule has 2 aromatic rings. The van der Waals surface area contributed by atoms with Crippen molar-refractivity contribution in [2.24, 2.45) is 5.73 Å². The van der Waals surface area contributed by atoms with Crippen LogP contribution in [0.5, 0.6) is 0 Å². The van der Waals surface area contributed by atoms with Crippen molar-refractivity contribution in [1.29, 1.82) is 0 Å². The van der Waals surface area contributed by atoms with E-state index < -0.39 is 0 Å². The van der Waals surface area contributed by atoms with Crippen molar-refractivity contribution in [2.45, 2.75) is 24.9 Å². The third-order valence-corrected chi connectivity index (χ3v) is 2.60. The number of rotatable bonds is 2. The number of nitrogens with one attached hydrogen (secondary N) is 1. The van der Waals surface area contributed by atoms with E-state index in [1.165, 1.54) is 4.63 Å². The molecular formula is C8H11N7. The first-order chi connectivity index (χ1) is 7.31. The highest BCUT2D eigenvalue weighted by Gasteiger charge is 2.25. The first kappa shape index (κ1) is 8.54. The Morgan fingerprint density at radius 3 is 3.07 bits per heavy atom. The van der Waals surface area contributed by atoms with Gasteiger partial charge >= 0.3 is 0 Å². The molecule has 3 N–H and O–H groups in total. The summed E-state index contributed by atoms with van der Waals surface area (Å²) in [5, 5.41) is 18.5. The fourth-order valence-corrected chi connectivity index (χ4v) is 1.72. The van der Waals surface area contributed by atoms with Crippen LogP contribution in [0.15, 0.2) is 12.1 Å². The Kier molecular flexibility index (Phi) is 1.78. The SMILES string of the molecule is NC1CC(Nc2ccc3nnnn3n2)C1. The average Bonchev–Trinajstić information content (AvgIpc) is 2.62. The van der Waals surface area contributed by atoms with E-state index in [9.17, 15) is 0 Å². The summed E-state index contributed by atoms with van der Waals surface area (Å²) in [5.41, 5.74) is 6.34. The number of aromatic nitrogens is 5. The predicted molar refractivity (Wildman–Crippen MR) is 53.2 cm³/mol. The fourth-order valence-electron chi connectivity index (χ4n) is 1.72. The lowest BCUT2D eigenvalue weighted by Gasteiger charge is -2.33. The highest BCUT2D eigenvalue weighted by Crippen LogP contribution is 2.21. The molecule has 1 aliphatic carbocycles. The first-order valence-electron chi connectivity index (χ1n) is 4.89. The van der Waals surface area contributed by atoms with E-state index in [2.05, 4.69) is 25.9 Å². The highest BCUT2D eigenvalue weighted by molar-refractivity contribution is 5.43. The largest absolute Gasteiger partial charge is 0.366 e. The Labute approximate surface area is 85.6 Å². The molecule has 0 radical (unpaired) electrons. The maximum atomic E-state index is 5.70. The molecule has 0 aliphatic heterocycles. The molecule has 0 atom stereocenters. The molecule has 1 fully saturated rings. The van der Waals surface area contributed by atoms with Crippen LogP contribution >= 0.6 is 0 Å². The summed E-state index contributed by atoms with van der Waals surface area (Å²) >= 11 is 0. The number of nitrogens with two attached hydrogens (primary N) is 1. The molecule has 1 saturated carbocycles. The molecule has 3 rings (SSSR count). The zero-order valence-electron chi connectivity index (χ0n) is 8.04. The Morgan fingerprint density at radius 2 is 2.27 bits per heavy atom. The number of anilines is 1. The van der Waals surface area contributed by atoms with Gasteiger partial charge in [-0.05, 0) is 35.4 Å². The van der Waals surface area contributed by atoms with Crippen LogP contribution < -0.4 is 11.1 Å². The van der Waals surface area contributed by atoms with E-state index in [1.54, 1.807) is 0 Å². The minimum atomic E-state index is 0.333. The van der Waals surface area contributed by atoms with E-state index >= 15 is 0 Å². The Bertz CT molecular complexity index is 473. The summed E-state index contributed by atoms with van der Waals surface area (Å²) < 4.78 is 1.40. The van der Waals surface area contributed by atoms with Crippen LogP contribution in [0.3, 0.4) is 0 Å². The van der Waals surface area contributed by atoms with Gasteiger partial charge in [-0.15, -0.1) is 14.8 Å². The minimum Gasteiger partial charge on any atom is -0.366 e. The van der Waals surface area contributed by atoms with Gasteiger partial charge in [0.25, 0.3) is 0 Å². The zero-order chi connectivity index (χ0) is 10.3. The second kappa shape index (κ2) is 3.13. The molecule has 78 valence electrons. The summed E-state index contributed by atoms with van der Waals surface area (Å²) in [7, 11) is 0. The fraction of sp³-hybridized carbons (Fsp3) is 0.500. The number of tetrazole rings is 1. The van der Waals surface area contributed by atoms with Gasteiger partial charge < -0.3 is 11.1 Å². The third-order valence-electron chi connectivity index (χ3n) is 2.60. The van der Waals surface area contributed by atoms with Crippen molar-refractivity contribution in [1.82, 2.24) is 25.3 Å². The monoisotopic (exact) mass is 205 g/mol. The Morgan fingerprint density at radius 1 is 1.40 bits per heavy atom. The van der Waals surface area contributed by atoms with Crippen LogP contribution in [0, 0.1) is 0 Å². The molecule has 15 heavy (non-hydrogen) atoms. The quantitative estimate of drug-likeness (QED) is 0.681. The van der Waals surface area contributed by atoms with Crippen molar-refractivity contribution in [3.63, 3.8) is 0 Å². The van der Waals surface area contributed by atoms with E-state index in [0.717, 1.165) is 18.7 Å². The lowest BCUT2D eigenvalue weighted by atomic mass is 9.88. The molecule has 0 aromatic carbocycles. The van der Waals surface area contributed by atoms with Crippen molar-refractivity contribution < 1.29 is 0 Å². The van der Waals surface area contributed by atoms with E-state index in [0.29, 0.717) is 17.7 Å². The van der Waals surface area contributed by atoms with Crippen LogP contribution in [0.25, 0.3) is 5.65 Å². The van der Waals surface area contributed by atoms with Crippen LogP contribution in [0.4, 0.5) is 5.82 Å². The van der Waals surface area contributed by atoms with Gasteiger partial charge in [-0.3, -0.25) is 0 Å². The van der Waals surface area contributed by atoms with Gasteiger partial charge in [0.05, 0.1) is 0 Å². The van der Waals surface area contributed by atoms with Crippen LogP contribution in [0.2, 0.25) is 0 Å². The minimum absolute atomic E-state index is 0.333. The van der Waals surface area contributed by atoms with Gasteiger partial charge in [-0.2, -0.15) is 0 Å². The molecule has 7 nitrogen and oxygen atoms in total. The molecule has 0 bridgehead atoms. The molecule has 7 heteroatoms. The predicted octanol–water partition coefficient (Wildman–Crippen LogP) is -0.579. The van der Waals surface area contributed by atoms with Crippen molar-refractivity contribution in [2.75, 3.05) is 5.32 Å².